The van der Waals surface area contributed by atoms with E-state index in [0.29, 0.717) is 0 Å². The molecule has 0 amide bonds. The zero-order valence-corrected chi connectivity index (χ0v) is 12.0. The van der Waals surface area contributed by atoms with Gasteiger partial charge in [-0.3, -0.25) is 0 Å². The zero-order chi connectivity index (χ0) is 13.2. The van der Waals surface area contributed by atoms with Crippen LogP contribution in [0, 0.1) is 5.92 Å². The van der Waals surface area contributed by atoms with Gasteiger partial charge in [-0.15, -0.1) is 0 Å². The third kappa shape index (κ3) is 2.64. The maximum absolute atomic E-state index is 5.93. The van der Waals surface area contributed by atoms with Crippen LogP contribution in [0.15, 0.2) is 24.3 Å². The average molecular weight is 258 g/mol. The van der Waals surface area contributed by atoms with Crippen molar-refractivity contribution in [2.45, 2.75) is 57.5 Å². The Morgan fingerprint density at radius 2 is 1.74 bits per heavy atom. The molecule has 0 bridgehead atoms. The van der Waals surface area contributed by atoms with Crippen LogP contribution in [0.1, 0.15) is 57.1 Å². The van der Waals surface area contributed by atoms with Crippen molar-refractivity contribution in [1.29, 1.82) is 0 Å². The van der Waals surface area contributed by atoms with Crippen LogP contribution in [0.2, 0.25) is 0 Å². The second-order valence-electron chi connectivity index (χ2n) is 6.33. The lowest BCUT2D eigenvalue weighted by Crippen LogP contribution is -2.34. The molecule has 1 aliphatic heterocycles. The Kier molecular flexibility index (Phi) is 3.79. The molecule has 1 saturated heterocycles. The lowest BCUT2D eigenvalue weighted by molar-refractivity contribution is 0.431. The van der Waals surface area contributed by atoms with Crippen molar-refractivity contribution in [3.05, 3.63) is 29.8 Å². The van der Waals surface area contributed by atoms with Gasteiger partial charge in [-0.25, -0.2) is 0 Å². The summed E-state index contributed by atoms with van der Waals surface area (Å²) >= 11 is 0. The van der Waals surface area contributed by atoms with E-state index in [0.717, 1.165) is 12.0 Å². The summed E-state index contributed by atoms with van der Waals surface area (Å²) < 4.78 is 0. The Labute approximate surface area is 117 Å². The summed E-state index contributed by atoms with van der Waals surface area (Å²) in [6.45, 7) is 3.28. The highest BCUT2D eigenvalue weighted by molar-refractivity contribution is 5.50. The Bertz CT molecular complexity index is 404. The fourth-order valence-electron chi connectivity index (χ4n) is 3.91. The Hall–Kier alpha value is -1.02. The molecule has 1 aliphatic carbocycles. The average Bonchev–Trinajstić information content (AvgIpc) is 3.09. The van der Waals surface area contributed by atoms with Gasteiger partial charge < -0.3 is 10.6 Å². The van der Waals surface area contributed by atoms with Gasteiger partial charge in [0.1, 0.15) is 0 Å². The molecular formula is C17H26N2. The SMILES string of the molecule is CC(N)c1ccc(N2CCCC2C2CCCC2)cc1. The van der Waals surface area contributed by atoms with Crippen molar-refractivity contribution >= 4 is 5.69 Å². The van der Waals surface area contributed by atoms with Crippen LogP contribution in [0.25, 0.3) is 0 Å². The third-order valence-corrected chi connectivity index (χ3v) is 4.99. The standard InChI is InChI=1S/C17H26N2/c1-13(18)14-8-10-16(11-9-14)19-12-4-7-17(19)15-5-2-3-6-15/h8-11,13,15,17H,2-7,12,18H2,1H3. The van der Waals surface area contributed by atoms with Gasteiger partial charge in [-0.1, -0.05) is 25.0 Å². The second kappa shape index (κ2) is 5.54. The zero-order valence-electron chi connectivity index (χ0n) is 12.0. The summed E-state index contributed by atoms with van der Waals surface area (Å²) in [6, 6.07) is 9.87. The minimum Gasteiger partial charge on any atom is -0.368 e. The maximum Gasteiger partial charge on any atom is 0.0369 e. The number of rotatable bonds is 3. The molecule has 1 saturated carbocycles. The van der Waals surface area contributed by atoms with Crippen LogP contribution in [0.4, 0.5) is 5.69 Å². The Balaban J connectivity index is 1.76. The van der Waals surface area contributed by atoms with Gasteiger partial charge in [0.15, 0.2) is 0 Å². The van der Waals surface area contributed by atoms with Crippen molar-refractivity contribution in [2.24, 2.45) is 11.7 Å². The van der Waals surface area contributed by atoms with Crippen molar-refractivity contribution in [3.63, 3.8) is 0 Å². The number of hydrogen-bond donors (Lipinski definition) is 1. The molecule has 2 nitrogen and oxygen atoms in total. The van der Waals surface area contributed by atoms with E-state index in [4.69, 9.17) is 5.73 Å². The largest absolute Gasteiger partial charge is 0.368 e. The molecule has 104 valence electrons. The predicted octanol–water partition coefficient (Wildman–Crippen LogP) is 3.87. The van der Waals surface area contributed by atoms with Gasteiger partial charge in [0.05, 0.1) is 0 Å². The normalized spacial score (nSPS) is 26.0. The minimum absolute atomic E-state index is 0.137. The summed E-state index contributed by atoms with van der Waals surface area (Å²) in [7, 11) is 0. The molecule has 1 aromatic rings. The lowest BCUT2D eigenvalue weighted by atomic mass is 9.95. The fraction of sp³-hybridized carbons (Fsp3) is 0.647. The molecular weight excluding hydrogens is 232 g/mol. The summed E-state index contributed by atoms with van der Waals surface area (Å²) in [4.78, 5) is 2.65. The van der Waals surface area contributed by atoms with E-state index >= 15 is 0 Å². The first-order valence-corrected chi connectivity index (χ1v) is 7.88. The number of nitrogens with zero attached hydrogens (tertiary/aromatic N) is 1. The van der Waals surface area contributed by atoms with E-state index in [1.165, 1.54) is 56.3 Å². The maximum atomic E-state index is 5.93. The summed E-state index contributed by atoms with van der Waals surface area (Å²) in [5, 5.41) is 0. The molecule has 19 heavy (non-hydrogen) atoms. The fourth-order valence-corrected chi connectivity index (χ4v) is 3.91. The first-order valence-electron chi connectivity index (χ1n) is 7.88. The Morgan fingerprint density at radius 1 is 1.05 bits per heavy atom. The first-order chi connectivity index (χ1) is 9.25. The lowest BCUT2D eigenvalue weighted by Gasteiger charge is -2.31. The van der Waals surface area contributed by atoms with E-state index in [1.807, 2.05) is 6.92 Å². The molecule has 2 heteroatoms. The van der Waals surface area contributed by atoms with Crippen molar-refractivity contribution in [3.8, 4) is 0 Å². The summed E-state index contributed by atoms with van der Waals surface area (Å²) in [5.74, 6) is 0.940. The van der Waals surface area contributed by atoms with Gasteiger partial charge >= 0.3 is 0 Å². The van der Waals surface area contributed by atoms with E-state index in [9.17, 15) is 0 Å². The molecule has 0 aromatic heterocycles. The Morgan fingerprint density at radius 3 is 2.37 bits per heavy atom. The van der Waals surface area contributed by atoms with E-state index in [1.54, 1.807) is 0 Å². The molecule has 2 N–H and O–H groups in total. The van der Waals surface area contributed by atoms with E-state index in [-0.39, 0.29) is 6.04 Å². The molecule has 2 aliphatic rings. The third-order valence-electron chi connectivity index (χ3n) is 4.99. The molecule has 1 heterocycles. The van der Waals surface area contributed by atoms with Gasteiger partial charge in [0, 0.05) is 24.3 Å². The number of hydrogen-bond acceptors (Lipinski definition) is 2. The van der Waals surface area contributed by atoms with Crippen LogP contribution < -0.4 is 10.6 Å². The van der Waals surface area contributed by atoms with E-state index < -0.39 is 0 Å². The highest BCUT2D eigenvalue weighted by atomic mass is 15.2. The number of benzene rings is 1. The highest BCUT2D eigenvalue weighted by Crippen LogP contribution is 2.37. The van der Waals surface area contributed by atoms with Gasteiger partial charge in [-0.2, -0.15) is 0 Å². The number of anilines is 1. The predicted molar refractivity (Wildman–Crippen MR) is 81.4 cm³/mol. The molecule has 2 unspecified atom stereocenters. The van der Waals surface area contributed by atoms with Crippen LogP contribution >= 0.6 is 0 Å². The van der Waals surface area contributed by atoms with Gasteiger partial charge in [-0.05, 0) is 56.2 Å². The van der Waals surface area contributed by atoms with Crippen LogP contribution in [0.5, 0.6) is 0 Å². The monoisotopic (exact) mass is 258 g/mol. The smallest absolute Gasteiger partial charge is 0.0369 e. The van der Waals surface area contributed by atoms with Crippen LogP contribution in [-0.4, -0.2) is 12.6 Å². The quantitative estimate of drug-likeness (QED) is 0.892. The molecule has 0 radical (unpaired) electrons. The second-order valence-corrected chi connectivity index (χ2v) is 6.33. The molecule has 2 fully saturated rings. The molecule has 1 aromatic carbocycles. The van der Waals surface area contributed by atoms with Crippen LogP contribution in [-0.2, 0) is 0 Å². The first kappa shape index (κ1) is 13.0. The van der Waals surface area contributed by atoms with Crippen LogP contribution in [0.3, 0.4) is 0 Å². The number of nitrogens with two attached hydrogens (primary N) is 1. The summed E-state index contributed by atoms with van der Waals surface area (Å²) in [5.41, 5.74) is 8.57. The highest BCUT2D eigenvalue weighted by Gasteiger charge is 2.33. The summed E-state index contributed by atoms with van der Waals surface area (Å²) in [6.07, 6.45) is 8.52. The molecule has 0 spiro atoms. The van der Waals surface area contributed by atoms with Crippen molar-refractivity contribution in [2.75, 3.05) is 11.4 Å². The van der Waals surface area contributed by atoms with Gasteiger partial charge in [0.2, 0.25) is 0 Å². The molecule has 3 rings (SSSR count). The molecule has 2 atom stereocenters. The van der Waals surface area contributed by atoms with Crippen molar-refractivity contribution < 1.29 is 0 Å². The minimum atomic E-state index is 0.137. The van der Waals surface area contributed by atoms with Crippen molar-refractivity contribution in [1.82, 2.24) is 0 Å². The topological polar surface area (TPSA) is 29.3 Å². The van der Waals surface area contributed by atoms with Gasteiger partial charge in [0.25, 0.3) is 0 Å². The van der Waals surface area contributed by atoms with E-state index in [2.05, 4.69) is 29.2 Å².